The van der Waals surface area contributed by atoms with Crippen molar-refractivity contribution in [2.75, 3.05) is 0 Å². The van der Waals surface area contributed by atoms with E-state index < -0.39 is 5.63 Å². The number of phenolic OH excluding ortho intramolecular Hbond substituents is 1. The van der Waals surface area contributed by atoms with Crippen LogP contribution in [0.15, 0.2) is 57.7 Å². The summed E-state index contributed by atoms with van der Waals surface area (Å²) in [6, 6.07) is 14.6. The molecule has 0 aliphatic heterocycles. The zero-order valence-corrected chi connectivity index (χ0v) is 12.7. The van der Waals surface area contributed by atoms with Gasteiger partial charge in [0.05, 0.1) is 5.39 Å². The second kappa shape index (κ2) is 5.68. The van der Waals surface area contributed by atoms with E-state index in [4.69, 9.17) is 4.42 Å². The number of benzene rings is 2. The van der Waals surface area contributed by atoms with Gasteiger partial charge in [-0.1, -0.05) is 44.2 Å². The van der Waals surface area contributed by atoms with Crippen LogP contribution in [0.5, 0.6) is 5.75 Å². The van der Waals surface area contributed by atoms with E-state index in [-0.39, 0.29) is 5.75 Å². The molecule has 0 amide bonds. The summed E-state index contributed by atoms with van der Waals surface area (Å²) in [5, 5.41) is 10.7. The Morgan fingerprint density at radius 1 is 1.14 bits per heavy atom. The van der Waals surface area contributed by atoms with Crippen molar-refractivity contribution in [3.05, 3.63) is 64.5 Å². The second-order valence-electron chi connectivity index (χ2n) is 5.57. The first kappa shape index (κ1) is 14.4. The summed E-state index contributed by atoms with van der Waals surface area (Å²) in [5.41, 5.74) is 1.69. The third kappa shape index (κ3) is 2.50. The highest BCUT2D eigenvalue weighted by Gasteiger charge is 2.14. The van der Waals surface area contributed by atoms with Gasteiger partial charge in [0.1, 0.15) is 11.5 Å². The molecule has 0 radical (unpaired) electrons. The van der Waals surface area contributed by atoms with Crippen molar-refractivity contribution in [1.29, 1.82) is 0 Å². The molecule has 3 nitrogen and oxygen atoms in total. The number of fused-ring (bicyclic) bond motifs is 1. The van der Waals surface area contributed by atoms with Gasteiger partial charge >= 0.3 is 5.63 Å². The zero-order chi connectivity index (χ0) is 15.7. The van der Waals surface area contributed by atoms with Gasteiger partial charge in [0.25, 0.3) is 0 Å². The van der Waals surface area contributed by atoms with Crippen LogP contribution in [-0.4, -0.2) is 5.11 Å². The molecule has 22 heavy (non-hydrogen) atoms. The van der Waals surface area contributed by atoms with E-state index >= 15 is 0 Å². The molecule has 1 atom stereocenters. The Morgan fingerprint density at radius 3 is 2.68 bits per heavy atom. The standard InChI is InChI=1S/C19H18O3/c1-3-12(2)15-6-4-5-7-16(15)18-10-13-8-9-14(20)11-17(13)19(21)22-18/h4-12,20H,3H2,1-2H3. The molecule has 3 heteroatoms. The molecular formula is C19H18O3. The predicted octanol–water partition coefficient (Wildman–Crippen LogP) is 4.68. The third-order valence-corrected chi connectivity index (χ3v) is 4.12. The van der Waals surface area contributed by atoms with Crippen LogP contribution >= 0.6 is 0 Å². The summed E-state index contributed by atoms with van der Waals surface area (Å²) in [6.45, 7) is 4.30. The fourth-order valence-corrected chi connectivity index (χ4v) is 2.68. The van der Waals surface area contributed by atoms with Crippen LogP contribution in [0.1, 0.15) is 31.7 Å². The van der Waals surface area contributed by atoms with Gasteiger partial charge in [-0.3, -0.25) is 0 Å². The van der Waals surface area contributed by atoms with Gasteiger partial charge in [-0.25, -0.2) is 4.79 Å². The first-order valence-electron chi connectivity index (χ1n) is 7.46. The predicted molar refractivity (Wildman–Crippen MR) is 88.3 cm³/mol. The van der Waals surface area contributed by atoms with Crippen LogP contribution in [-0.2, 0) is 0 Å². The quantitative estimate of drug-likeness (QED) is 0.763. The topological polar surface area (TPSA) is 50.4 Å². The molecule has 3 aromatic rings. The molecule has 112 valence electrons. The van der Waals surface area contributed by atoms with Gasteiger partial charge in [0.15, 0.2) is 0 Å². The lowest BCUT2D eigenvalue weighted by atomic mass is 9.92. The van der Waals surface area contributed by atoms with Crippen molar-refractivity contribution in [2.45, 2.75) is 26.2 Å². The van der Waals surface area contributed by atoms with Crippen LogP contribution in [0.2, 0.25) is 0 Å². The minimum Gasteiger partial charge on any atom is -0.508 e. The molecule has 0 aliphatic carbocycles. The van der Waals surface area contributed by atoms with Crippen molar-refractivity contribution in [3.63, 3.8) is 0 Å². The second-order valence-corrected chi connectivity index (χ2v) is 5.57. The SMILES string of the molecule is CCC(C)c1ccccc1-c1cc2ccc(O)cc2c(=O)o1. The van der Waals surface area contributed by atoms with E-state index in [1.165, 1.54) is 11.6 Å². The Kier molecular flexibility index (Phi) is 3.72. The van der Waals surface area contributed by atoms with Crippen molar-refractivity contribution < 1.29 is 9.52 Å². The molecule has 2 aromatic carbocycles. The third-order valence-electron chi connectivity index (χ3n) is 4.12. The Labute approximate surface area is 128 Å². The van der Waals surface area contributed by atoms with Gasteiger partial charge in [-0.2, -0.15) is 0 Å². The van der Waals surface area contributed by atoms with Gasteiger partial charge in [-0.05, 0) is 41.5 Å². The lowest BCUT2D eigenvalue weighted by molar-refractivity contribution is 0.475. The molecule has 0 saturated heterocycles. The normalized spacial score (nSPS) is 12.5. The largest absolute Gasteiger partial charge is 0.508 e. The molecule has 1 aromatic heterocycles. The fraction of sp³-hybridized carbons (Fsp3) is 0.211. The molecule has 0 saturated carbocycles. The summed E-state index contributed by atoms with van der Waals surface area (Å²) < 4.78 is 5.50. The summed E-state index contributed by atoms with van der Waals surface area (Å²) in [5.74, 6) is 1.02. The van der Waals surface area contributed by atoms with Gasteiger partial charge in [-0.15, -0.1) is 0 Å². The molecule has 0 fully saturated rings. The van der Waals surface area contributed by atoms with E-state index in [1.807, 2.05) is 24.3 Å². The van der Waals surface area contributed by atoms with Crippen molar-refractivity contribution in [3.8, 4) is 17.1 Å². The van der Waals surface area contributed by atoms with Gasteiger partial charge < -0.3 is 9.52 Å². The Balaban J connectivity index is 2.24. The number of aromatic hydroxyl groups is 1. The average Bonchev–Trinajstić information content (AvgIpc) is 2.54. The molecule has 3 rings (SSSR count). The molecule has 0 spiro atoms. The molecule has 1 unspecified atom stereocenters. The number of hydrogen-bond acceptors (Lipinski definition) is 3. The molecule has 0 aliphatic rings. The number of phenols is 1. The van der Waals surface area contributed by atoms with Crippen molar-refractivity contribution in [2.24, 2.45) is 0 Å². The highest BCUT2D eigenvalue weighted by atomic mass is 16.4. The smallest absolute Gasteiger partial charge is 0.344 e. The lowest BCUT2D eigenvalue weighted by Gasteiger charge is -2.14. The van der Waals surface area contributed by atoms with Crippen molar-refractivity contribution >= 4 is 10.8 Å². The molecule has 1 heterocycles. The highest BCUT2D eigenvalue weighted by molar-refractivity contribution is 5.85. The Bertz CT molecular complexity index is 877. The van der Waals surface area contributed by atoms with Crippen LogP contribution in [0, 0.1) is 0 Å². The Hall–Kier alpha value is -2.55. The van der Waals surface area contributed by atoms with Crippen molar-refractivity contribution in [1.82, 2.24) is 0 Å². The Morgan fingerprint density at radius 2 is 1.91 bits per heavy atom. The van der Waals surface area contributed by atoms with Crippen LogP contribution < -0.4 is 5.63 Å². The summed E-state index contributed by atoms with van der Waals surface area (Å²) >= 11 is 0. The van der Waals surface area contributed by atoms with Crippen LogP contribution in [0.4, 0.5) is 0 Å². The first-order chi connectivity index (χ1) is 10.6. The monoisotopic (exact) mass is 294 g/mol. The van der Waals surface area contributed by atoms with E-state index in [0.717, 1.165) is 17.4 Å². The lowest BCUT2D eigenvalue weighted by Crippen LogP contribution is -2.02. The van der Waals surface area contributed by atoms with E-state index in [0.29, 0.717) is 17.1 Å². The number of hydrogen-bond donors (Lipinski definition) is 1. The van der Waals surface area contributed by atoms with E-state index in [2.05, 4.69) is 19.9 Å². The minimum atomic E-state index is -0.428. The molecule has 0 bridgehead atoms. The molecular weight excluding hydrogens is 276 g/mol. The summed E-state index contributed by atoms with van der Waals surface area (Å²) in [6.07, 6.45) is 1.02. The minimum absolute atomic E-state index is 0.0626. The maximum atomic E-state index is 12.2. The number of rotatable bonds is 3. The highest BCUT2D eigenvalue weighted by Crippen LogP contribution is 2.31. The maximum absolute atomic E-state index is 12.2. The van der Waals surface area contributed by atoms with Gasteiger partial charge in [0.2, 0.25) is 0 Å². The maximum Gasteiger partial charge on any atom is 0.344 e. The zero-order valence-electron chi connectivity index (χ0n) is 12.7. The first-order valence-corrected chi connectivity index (χ1v) is 7.46. The summed E-state index contributed by atoms with van der Waals surface area (Å²) in [4.78, 5) is 12.2. The van der Waals surface area contributed by atoms with E-state index in [9.17, 15) is 9.90 Å². The summed E-state index contributed by atoms with van der Waals surface area (Å²) in [7, 11) is 0. The van der Waals surface area contributed by atoms with Crippen LogP contribution in [0.3, 0.4) is 0 Å². The average molecular weight is 294 g/mol. The van der Waals surface area contributed by atoms with Gasteiger partial charge in [0, 0.05) is 5.56 Å². The molecule has 1 N–H and O–H groups in total. The van der Waals surface area contributed by atoms with E-state index in [1.54, 1.807) is 12.1 Å². The van der Waals surface area contributed by atoms with Crippen LogP contribution in [0.25, 0.3) is 22.1 Å². The fourth-order valence-electron chi connectivity index (χ4n) is 2.68.